The van der Waals surface area contributed by atoms with Gasteiger partial charge in [-0.2, -0.15) is 0 Å². The van der Waals surface area contributed by atoms with Crippen LogP contribution in [0.15, 0.2) is 16.7 Å². The number of aromatic nitrogens is 2. The summed E-state index contributed by atoms with van der Waals surface area (Å²) < 4.78 is 8.35. The minimum absolute atomic E-state index is 0.607. The molecule has 0 saturated heterocycles. The Morgan fingerprint density at radius 1 is 1.62 bits per heavy atom. The van der Waals surface area contributed by atoms with Gasteiger partial charge in [-0.05, 0) is 34.5 Å². The maximum atomic E-state index is 5.23. The van der Waals surface area contributed by atoms with Crippen LogP contribution in [-0.2, 0) is 11.3 Å². The zero-order valence-electron chi connectivity index (χ0n) is 8.83. The number of aryl methyl sites for hydroxylation is 1. The molecule has 0 radical (unpaired) electrons. The second-order valence-corrected chi connectivity index (χ2v) is 5.99. The summed E-state index contributed by atoms with van der Waals surface area (Å²) in [6.45, 7) is 2.71. The molecule has 0 spiro atoms. The maximum absolute atomic E-state index is 5.23. The van der Waals surface area contributed by atoms with E-state index >= 15 is 0 Å². The third kappa shape index (κ3) is 2.12. The predicted molar refractivity (Wildman–Crippen MR) is 79.9 cm³/mol. The minimum atomic E-state index is 0.607. The van der Waals surface area contributed by atoms with Crippen molar-refractivity contribution in [3.8, 4) is 0 Å². The van der Waals surface area contributed by atoms with Crippen LogP contribution in [-0.4, -0.2) is 16.1 Å². The van der Waals surface area contributed by atoms with Crippen molar-refractivity contribution in [3.05, 3.63) is 28.0 Å². The van der Waals surface area contributed by atoms with Crippen molar-refractivity contribution in [2.24, 2.45) is 0 Å². The molecule has 86 valence electrons. The molecule has 0 amide bonds. The normalized spacial score (nSPS) is 11.2. The molecule has 0 unspecified atom stereocenters. The molecule has 3 nitrogen and oxygen atoms in total. The first-order valence-electron chi connectivity index (χ1n) is 4.62. The summed E-state index contributed by atoms with van der Waals surface area (Å²) in [5.74, 6) is 0. The highest BCUT2D eigenvalue weighted by atomic mass is 127. The van der Waals surface area contributed by atoms with E-state index in [1.807, 2.05) is 6.20 Å². The van der Waals surface area contributed by atoms with Crippen LogP contribution < -0.4 is 0 Å². The lowest BCUT2D eigenvalue weighted by Crippen LogP contribution is -1.96. The van der Waals surface area contributed by atoms with Gasteiger partial charge < -0.3 is 4.74 Å². The lowest BCUT2D eigenvalue weighted by Gasteiger charge is -2.04. The van der Waals surface area contributed by atoms with Crippen LogP contribution >= 0.6 is 46.3 Å². The molecule has 0 fully saturated rings. The van der Waals surface area contributed by atoms with Crippen LogP contribution in [0.25, 0.3) is 11.0 Å². The Morgan fingerprint density at radius 3 is 3.00 bits per heavy atom. The first kappa shape index (κ1) is 12.7. The Labute approximate surface area is 119 Å². The number of hydrogen-bond donors (Lipinski definition) is 0. The number of pyridine rings is 1. The molecule has 0 aliphatic heterocycles. The van der Waals surface area contributed by atoms with Crippen LogP contribution in [0, 0.1) is 6.92 Å². The van der Waals surface area contributed by atoms with Gasteiger partial charge in [0.2, 0.25) is 0 Å². The summed E-state index contributed by atoms with van der Waals surface area (Å²) in [6.07, 6.45) is 1.82. The topological polar surface area (TPSA) is 27.1 Å². The van der Waals surface area contributed by atoms with Gasteiger partial charge in [-0.15, -0.1) is 0 Å². The van der Waals surface area contributed by atoms with Crippen LogP contribution in [0.1, 0.15) is 11.3 Å². The Balaban J connectivity index is 2.74. The highest BCUT2D eigenvalue weighted by molar-refractivity contribution is 14.2. The lowest BCUT2D eigenvalue weighted by molar-refractivity contribution is 0.181. The van der Waals surface area contributed by atoms with Crippen LogP contribution in [0.5, 0.6) is 0 Å². The van der Waals surface area contributed by atoms with Crippen molar-refractivity contribution in [3.63, 3.8) is 0 Å². The van der Waals surface area contributed by atoms with Crippen molar-refractivity contribution < 1.29 is 4.74 Å². The van der Waals surface area contributed by atoms with Crippen molar-refractivity contribution in [2.75, 3.05) is 7.11 Å². The van der Waals surface area contributed by atoms with Crippen molar-refractivity contribution in [1.82, 2.24) is 8.96 Å². The van der Waals surface area contributed by atoms with E-state index in [1.54, 1.807) is 16.2 Å². The summed E-state index contributed by atoms with van der Waals surface area (Å²) in [6, 6.07) is 2.10. The number of fused-ring (bicyclic) bond motifs is 1. The van der Waals surface area contributed by atoms with E-state index in [0.29, 0.717) is 6.61 Å². The zero-order chi connectivity index (χ0) is 11.7. The van der Waals surface area contributed by atoms with E-state index < -0.39 is 0 Å². The molecule has 16 heavy (non-hydrogen) atoms. The number of methoxy groups -OCH3 is 1. The zero-order valence-corrected chi connectivity index (χ0v) is 13.4. The van der Waals surface area contributed by atoms with Gasteiger partial charge in [0.15, 0.2) is 5.65 Å². The molecule has 2 aromatic rings. The second kappa shape index (κ2) is 5.24. The molecule has 0 atom stereocenters. The Kier molecular flexibility index (Phi) is 4.15. The summed E-state index contributed by atoms with van der Waals surface area (Å²) in [5, 5.41) is 1.17. The van der Waals surface area contributed by atoms with Gasteiger partial charge in [-0.1, -0.05) is 0 Å². The Bertz CT molecular complexity index is 529. The molecular weight excluding hydrogens is 403 g/mol. The highest BCUT2D eigenvalue weighted by Crippen LogP contribution is 2.32. The average Bonchev–Trinajstić information content (AvgIpc) is 2.53. The van der Waals surface area contributed by atoms with Gasteiger partial charge in [-0.25, -0.2) is 4.98 Å². The monoisotopic (exact) mass is 412 g/mol. The average molecular weight is 413 g/mol. The first-order valence-corrected chi connectivity index (χ1v) is 8.73. The van der Waals surface area contributed by atoms with Crippen molar-refractivity contribution >= 4 is 57.3 Å². The van der Waals surface area contributed by atoms with E-state index in [4.69, 9.17) is 4.74 Å². The number of rotatable bonds is 3. The van der Waals surface area contributed by atoms with Gasteiger partial charge in [0, 0.05) is 53.5 Å². The quantitative estimate of drug-likeness (QED) is 0.710. The third-order valence-electron chi connectivity index (χ3n) is 2.46. The van der Waals surface area contributed by atoms with Crippen LogP contribution in [0.3, 0.4) is 0 Å². The van der Waals surface area contributed by atoms with Gasteiger partial charge in [-0.3, -0.25) is 3.97 Å². The SMILES string of the molecule is COCc1c(C)c2cc(Br)cnc2n1SI. The molecule has 0 N–H and O–H groups in total. The molecule has 2 aromatic heterocycles. The van der Waals surface area contributed by atoms with E-state index in [2.05, 4.69) is 59.1 Å². The van der Waals surface area contributed by atoms with E-state index in [1.165, 1.54) is 16.6 Å². The molecule has 0 bridgehead atoms. The fraction of sp³-hybridized carbons (Fsp3) is 0.300. The van der Waals surface area contributed by atoms with Crippen LogP contribution in [0.2, 0.25) is 0 Å². The second-order valence-electron chi connectivity index (χ2n) is 3.39. The van der Waals surface area contributed by atoms with Gasteiger partial charge >= 0.3 is 0 Å². The summed E-state index contributed by atoms with van der Waals surface area (Å²) in [4.78, 5) is 4.45. The molecule has 0 aliphatic carbocycles. The fourth-order valence-electron chi connectivity index (χ4n) is 1.68. The Morgan fingerprint density at radius 2 is 2.38 bits per heavy atom. The number of halogens is 2. The smallest absolute Gasteiger partial charge is 0.151 e. The Hall–Kier alpha value is 0.210. The fourth-order valence-corrected chi connectivity index (χ4v) is 3.77. The molecule has 6 heteroatoms. The van der Waals surface area contributed by atoms with Gasteiger partial charge in [0.05, 0.1) is 12.3 Å². The molecular formula is C10H10BrIN2OS. The van der Waals surface area contributed by atoms with E-state index in [-0.39, 0.29) is 0 Å². The highest BCUT2D eigenvalue weighted by Gasteiger charge is 2.15. The molecule has 2 heterocycles. The summed E-state index contributed by atoms with van der Waals surface area (Å²) in [5.41, 5.74) is 3.39. The van der Waals surface area contributed by atoms with Crippen LogP contribution in [0.4, 0.5) is 0 Å². The largest absolute Gasteiger partial charge is 0.378 e. The molecule has 2 rings (SSSR count). The molecule has 0 aromatic carbocycles. The van der Waals surface area contributed by atoms with Gasteiger partial charge in [0.1, 0.15) is 0 Å². The maximum Gasteiger partial charge on any atom is 0.151 e. The third-order valence-corrected chi connectivity index (χ3v) is 4.60. The molecule has 0 aliphatic rings. The summed E-state index contributed by atoms with van der Waals surface area (Å²) in [7, 11) is 3.33. The van der Waals surface area contributed by atoms with Gasteiger partial charge in [0.25, 0.3) is 0 Å². The van der Waals surface area contributed by atoms with E-state index in [9.17, 15) is 0 Å². The number of nitrogens with zero attached hydrogens (tertiary/aromatic N) is 2. The summed E-state index contributed by atoms with van der Waals surface area (Å²) >= 11 is 5.71. The molecule has 0 saturated carbocycles. The van der Waals surface area contributed by atoms with Crippen molar-refractivity contribution in [1.29, 1.82) is 0 Å². The van der Waals surface area contributed by atoms with Crippen molar-refractivity contribution in [2.45, 2.75) is 13.5 Å². The standard InChI is InChI=1S/C10H10BrIN2OS/c1-6-8-3-7(11)4-13-10(8)14(16-12)9(6)5-15-2/h3-4H,5H2,1-2H3. The van der Waals surface area contributed by atoms with E-state index in [0.717, 1.165) is 10.1 Å². The number of ether oxygens (including phenoxy) is 1. The minimum Gasteiger partial charge on any atom is -0.378 e. The lowest BCUT2D eigenvalue weighted by atomic mass is 10.2. The predicted octanol–water partition coefficient (Wildman–Crippen LogP) is 4.10. The first-order chi connectivity index (χ1) is 7.69. The number of hydrogen-bond acceptors (Lipinski definition) is 3.